The number of carbonyl (C=O) groups is 1. The highest BCUT2D eigenvalue weighted by atomic mass is 16.1. The van der Waals surface area contributed by atoms with Crippen LogP contribution in [0.25, 0.3) is 0 Å². The zero-order valence-corrected chi connectivity index (χ0v) is 8.87. The molecule has 0 aromatic carbocycles. The molecule has 0 spiro atoms. The molecular formula is C11H16N2O. The van der Waals surface area contributed by atoms with E-state index in [0.717, 1.165) is 5.56 Å². The Morgan fingerprint density at radius 2 is 2.29 bits per heavy atom. The molecule has 1 aromatic heterocycles. The van der Waals surface area contributed by atoms with E-state index in [0.29, 0.717) is 18.0 Å². The standard InChI is InChI=1S/C11H16N2O/c1-8(2)6-13-11(14)10-7-12-5-4-9(10)3/h4-5,7-8H,6H2,1-3H3,(H,13,14). The predicted molar refractivity (Wildman–Crippen MR) is 56.1 cm³/mol. The highest BCUT2D eigenvalue weighted by Gasteiger charge is 2.08. The van der Waals surface area contributed by atoms with E-state index in [9.17, 15) is 4.79 Å². The van der Waals surface area contributed by atoms with Gasteiger partial charge >= 0.3 is 0 Å². The quantitative estimate of drug-likeness (QED) is 0.793. The summed E-state index contributed by atoms with van der Waals surface area (Å²) >= 11 is 0. The third-order valence-electron chi connectivity index (χ3n) is 1.95. The Labute approximate surface area is 84.6 Å². The van der Waals surface area contributed by atoms with Crippen molar-refractivity contribution in [3.63, 3.8) is 0 Å². The number of rotatable bonds is 3. The van der Waals surface area contributed by atoms with Crippen LogP contribution in [0, 0.1) is 12.8 Å². The highest BCUT2D eigenvalue weighted by Crippen LogP contribution is 2.04. The van der Waals surface area contributed by atoms with Crippen molar-refractivity contribution in [3.05, 3.63) is 29.6 Å². The fourth-order valence-corrected chi connectivity index (χ4v) is 1.09. The van der Waals surface area contributed by atoms with Crippen LogP contribution in [0.5, 0.6) is 0 Å². The number of nitrogens with zero attached hydrogens (tertiary/aromatic N) is 1. The first kappa shape index (κ1) is 10.7. The minimum atomic E-state index is -0.0377. The SMILES string of the molecule is Cc1ccncc1C(=O)NCC(C)C. The normalized spacial score (nSPS) is 10.3. The van der Waals surface area contributed by atoms with Gasteiger partial charge in [0.05, 0.1) is 5.56 Å². The first-order chi connectivity index (χ1) is 6.61. The van der Waals surface area contributed by atoms with Gasteiger partial charge in [0.25, 0.3) is 5.91 Å². The van der Waals surface area contributed by atoms with Crippen LogP contribution in [0.15, 0.2) is 18.5 Å². The molecular weight excluding hydrogens is 176 g/mol. The van der Waals surface area contributed by atoms with Gasteiger partial charge in [-0.3, -0.25) is 9.78 Å². The summed E-state index contributed by atoms with van der Waals surface area (Å²) in [5.41, 5.74) is 1.62. The summed E-state index contributed by atoms with van der Waals surface area (Å²) < 4.78 is 0. The van der Waals surface area contributed by atoms with Crippen molar-refractivity contribution >= 4 is 5.91 Å². The van der Waals surface area contributed by atoms with Crippen LogP contribution in [-0.2, 0) is 0 Å². The lowest BCUT2D eigenvalue weighted by atomic mass is 10.1. The van der Waals surface area contributed by atoms with Gasteiger partial charge in [0.15, 0.2) is 0 Å². The lowest BCUT2D eigenvalue weighted by molar-refractivity contribution is 0.0948. The van der Waals surface area contributed by atoms with Crippen LogP contribution in [0.3, 0.4) is 0 Å². The summed E-state index contributed by atoms with van der Waals surface area (Å²) in [4.78, 5) is 15.6. The molecule has 0 saturated heterocycles. The summed E-state index contributed by atoms with van der Waals surface area (Å²) in [7, 11) is 0. The minimum absolute atomic E-state index is 0.0377. The predicted octanol–water partition coefficient (Wildman–Crippen LogP) is 1.78. The van der Waals surface area contributed by atoms with Crippen LogP contribution in [-0.4, -0.2) is 17.4 Å². The lowest BCUT2D eigenvalue weighted by Crippen LogP contribution is -2.27. The largest absolute Gasteiger partial charge is 0.352 e. The van der Waals surface area contributed by atoms with E-state index < -0.39 is 0 Å². The van der Waals surface area contributed by atoms with Crippen molar-refractivity contribution in [2.45, 2.75) is 20.8 Å². The van der Waals surface area contributed by atoms with Gasteiger partial charge in [-0.25, -0.2) is 0 Å². The van der Waals surface area contributed by atoms with E-state index in [4.69, 9.17) is 0 Å². The maximum atomic E-state index is 11.6. The molecule has 3 nitrogen and oxygen atoms in total. The molecule has 0 fully saturated rings. The van der Waals surface area contributed by atoms with E-state index in [-0.39, 0.29) is 5.91 Å². The highest BCUT2D eigenvalue weighted by molar-refractivity contribution is 5.95. The van der Waals surface area contributed by atoms with Crippen LogP contribution in [0.2, 0.25) is 0 Å². The molecule has 0 atom stereocenters. The van der Waals surface area contributed by atoms with Crippen molar-refractivity contribution < 1.29 is 4.79 Å². The molecule has 76 valence electrons. The second-order valence-electron chi connectivity index (χ2n) is 3.79. The van der Waals surface area contributed by atoms with Gasteiger partial charge in [-0.2, -0.15) is 0 Å². The van der Waals surface area contributed by atoms with E-state index >= 15 is 0 Å². The molecule has 0 aliphatic heterocycles. The molecule has 1 heterocycles. The Kier molecular flexibility index (Phi) is 3.63. The van der Waals surface area contributed by atoms with Gasteiger partial charge in [0.1, 0.15) is 0 Å². The molecule has 1 rings (SSSR count). The maximum Gasteiger partial charge on any atom is 0.253 e. The summed E-state index contributed by atoms with van der Waals surface area (Å²) in [6, 6.07) is 1.84. The number of aryl methyl sites for hydroxylation is 1. The molecule has 0 aliphatic carbocycles. The Morgan fingerprint density at radius 1 is 1.57 bits per heavy atom. The van der Waals surface area contributed by atoms with E-state index in [1.165, 1.54) is 0 Å². The van der Waals surface area contributed by atoms with Crippen molar-refractivity contribution in [2.75, 3.05) is 6.54 Å². The molecule has 0 saturated carbocycles. The summed E-state index contributed by atoms with van der Waals surface area (Å²) in [6.07, 6.45) is 3.29. The van der Waals surface area contributed by atoms with Gasteiger partial charge in [-0.05, 0) is 24.5 Å². The Hall–Kier alpha value is -1.38. The molecule has 0 aliphatic rings. The van der Waals surface area contributed by atoms with Crippen molar-refractivity contribution in [1.82, 2.24) is 10.3 Å². The molecule has 1 aromatic rings. The van der Waals surface area contributed by atoms with Crippen molar-refractivity contribution in [1.29, 1.82) is 0 Å². The Bertz CT molecular complexity index is 321. The third kappa shape index (κ3) is 2.83. The van der Waals surface area contributed by atoms with E-state index in [2.05, 4.69) is 24.1 Å². The monoisotopic (exact) mass is 192 g/mol. The molecule has 3 heteroatoms. The second-order valence-corrected chi connectivity index (χ2v) is 3.79. The first-order valence-corrected chi connectivity index (χ1v) is 4.80. The average Bonchev–Trinajstić information content (AvgIpc) is 2.15. The molecule has 1 N–H and O–H groups in total. The zero-order chi connectivity index (χ0) is 10.6. The number of amides is 1. The first-order valence-electron chi connectivity index (χ1n) is 4.80. The topological polar surface area (TPSA) is 42.0 Å². The number of nitrogens with one attached hydrogen (secondary N) is 1. The fourth-order valence-electron chi connectivity index (χ4n) is 1.09. The molecule has 1 amide bonds. The Morgan fingerprint density at radius 3 is 2.86 bits per heavy atom. The van der Waals surface area contributed by atoms with E-state index in [1.54, 1.807) is 12.4 Å². The molecule has 0 bridgehead atoms. The van der Waals surface area contributed by atoms with Gasteiger partial charge in [0, 0.05) is 18.9 Å². The van der Waals surface area contributed by atoms with Crippen molar-refractivity contribution in [3.8, 4) is 0 Å². The van der Waals surface area contributed by atoms with Crippen LogP contribution < -0.4 is 5.32 Å². The average molecular weight is 192 g/mol. The fraction of sp³-hybridized carbons (Fsp3) is 0.455. The van der Waals surface area contributed by atoms with Crippen LogP contribution in [0.4, 0.5) is 0 Å². The Balaban J connectivity index is 2.65. The number of carbonyl (C=O) groups excluding carboxylic acids is 1. The number of aromatic nitrogens is 1. The lowest BCUT2D eigenvalue weighted by Gasteiger charge is -2.08. The molecule has 0 unspecified atom stereocenters. The third-order valence-corrected chi connectivity index (χ3v) is 1.95. The van der Waals surface area contributed by atoms with Gasteiger partial charge in [-0.15, -0.1) is 0 Å². The van der Waals surface area contributed by atoms with Crippen LogP contribution >= 0.6 is 0 Å². The molecule has 0 radical (unpaired) electrons. The van der Waals surface area contributed by atoms with Crippen LogP contribution in [0.1, 0.15) is 29.8 Å². The summed E-state index contributed by atoms with van der Waals surface area (Å²) in [5.74, 6) is 0.431. The van der Waals surface area contributed by atoms with Gasteiger partial charge in [0.2, 0.25) is 0 Å². The minimum Gasteiger partial charge on any atom is -0.352 e. The smallest absolute Gasteiger partial charge is 0.253 e. The number of hydrogen-bond donors (Lipinski definition) is 1. The molecule has 14 heavy (non-hydrogen) atoms. The van der Waals surface area contributed by atoms with E-state index in [1.807, 2.05) is 13.0 Å². The summed E-state index contributed by atoms with van der Waals surface area (Å²) in [6.45, 7) is 6.74. The van der Waals surface area contributed by atoms with Gasteiger partial charge in [-0.1, -0.05) is 13.8 Å². The van der Waals surface area contributed by atoms with Crippen molar-refractivity contribution in [2.24, 2.45) is 5.92 Å². The number of hydrogen-bond acceptors (Lipinski definition) is 2. The zero-order valence-electron chi connectivity index (χ0n) is 8.87. The van der Waals surface area contributed by atoms with Gasteiger partial charge < -0.3 is 5.32 Å². The second kappa shape index (κ2) is 4.74. The maximum absolute atomic E-state index is 11.6. The summed E-state index contributed by atoms with van der Waals surface area (Å²) in [5, 5.41) is 2.86. The number of pyridine rings is 1.